The van der Waals surface area contributed by atoms with Crippen molar-refractivity contribution in [3.63, 3.8) is 0 Å². The van der Waals surface area contributed by atoms with E-state index in [9.17, 15) is 0 Å². The smallest absolute Gasteiger partial charge is 0.118 e. The molecular weight excluding hydrogens is 186 g/mol. The molecule has 3 rings (SSSR count). The van der Waals surface area contributed by atoms with E-state index in [1.807, 2.05) is 0 Å². The van der Waals surface area contributed by atoms with Crippen molar-refractivity contribution < 1.29 is 4.74 Å². The highest BCUT2D eigenvalue weighted by atomic mass is 16.5. The van der Waals surface area contributed by atoms with Crippen LogP contribution < -0.4 is 4.74 Å². The van der Waals surface area contributed by atoms with Gasteiger partial charge in [-0.2, -0.15) is 0 Å². The topological polar surface area (TPSA) is 12.5 Å². The van der Waals surface area contributed by atoms with Crippen LogP contribution in [-0.2, 0) is 0 Å². The molecule has 2 nitrogen and oxygen atoms in total. The van der Waals surface area contributed by atoms with E-state index >= 15 is 0 Å². The van der Waals surface area contributed by atoms with Gasteiger partial charge in [-0.1, -0.05) is 12.1 Å². The molecule has 2 heterocycles. The van der Waals surface area contributed by atoms with Crippen LogP contribution in [0.4, 0.5) is 0 Å². The van der Waals surface area contributed by atoms with Crippen molar-refractivity contribution in [2.45, 2.75) is 18.9 Å². The lowest BCUT2D eigenvalue weighted by molar-refractivity contribution is 0.305. The van der Waals surface area contributed by atoms with Gasteiger partial charge in [0.2, 0.25) is 0 Å². The summed E-state index contributed by atoms with van der Waals surface area (Å²) in [7, 11) is 1.72. The summed E-state index contributed by atoms with van der Waals surface area (Å²) >= 11 is 0. The van der Waals surface area contributed by atoms with Crippen LogP contribution in [0.25, 0.3) is 0 Å². The molecule has 0 unspecified atom stereocenters. The first-order chi connectivity index (χ1) is 7.38. The first-order valence-electron chi connectivity index (χ1n) is 5.76. The third-order valence-corrected chi connectivity index (χ3v) is 3.87. The molecule has 0 saturated carbocycles. The van der Waals surface area contributed by atoms with E-state index in [4.69, 9.17) is 4.74 Å². The molecule has 0 radical (unpaired) electrons. The molecule has 2 saturated heterocycles. The summed E-state index contributed by atoms with van der Waals surface area (Å²) in [6, 6.07) is 9.29. The van der Waals surface area contributed by atoms with Crippen molar-refractivity contribution >= 4 is 0 Å². The van der Waals surface area contributed by atoms with Gasteiger partial charge in [0.05, 0.1) is 7.11 Å². The standard InChI is InChI=1S/C13H17NO/c1-15-12-4-2-10(3-5-12)13-11-6-8-14(13)9-7-11/h2-5,11,13H,6-9H2,1H3/t13-/m1/s1. The number of hydrogen-bond donors (Lipinski definition) is 0. The minimum Gasteiger partial charge on any atom is -0.497 e. The lowest BCUT2D eigenvalue weighted by Crippen LogP contribution is -2.19. The molecule has 15 heavy (non-hydrogen) atoms. The van der Waals surface area contributed by atoms with Crippen molar-refractivity contribution in [3.05, 3.63) is 29.8 Å². The molecule has 2 heteroatoms. The van der Waals surface area contributed by atoms with Gasteiger partial charge in [-0.25, -0.2) is 0 Å². The summed E-state index contributed by atoms with van der Waals surface area (Å²) in [6.07, 6.45) is 2.77. The number of fused-ring (bicyclic) bond motifs is 2. The van der Waals surface area contributed by atoms with Crippen LogP contribution in [0.15, 0.2) is 24.3 Å². The second kappa shape index (κ2) is 3.53. The Morgan fingerprint density at radius 2 is 1.80 bits per heavy atom. The molecule has 1 aromatic carbocycles. The predicted octanol–water partition coefficient (Wildman–Crippen LogP) is 2.46. The highest BCUT2D eigenvalue weighted by molar-refractivity contribution is 5.30. The summed E-state index contributed by atoms with van der Waals surface area (Å²) in [5.74, 6) is 1.86. The number of nitrogens with zero attached hydrogens (tertiary/aromatic N) is 1. The Morgan fingerprint density at radius 3 is 2.27 bits per heavy atom. The quantitative estimate of drug-likeness (QED) is 0.732. The Labute approximate surface area is 90.8 Å². The van der Waals surface area contributed by atoms with Crippen LogP contribution in [0.3, 0.4) is 0 Å². The zero-order valence-corrected chi connectivity index (χ0v) is 9.15. The molecule has 2 bridgehead atoms. The largest absolute Gasteiger partial charge is 0.497 e. The average Bonchev–Trinajstić information content (AvgIpc) is 2.89. The number of ether oxygens (including phenoxy) is 1. The molecule has 0 spiro atoms. The zero-order valence-electron chi connectivity index (χ0n) is 9.15. The van der Waals surface area contributed by atoms with Gasteiger partial charge in [0.1, 0.15) is 5.75 Å². The van der Waals surface area contributed by atoms with Crippen LogP contribution in [0.1, 0.15) is 24.4 Å². The van der Waals surface area contributed by atoms with Crippen LogP contribution >= 0.6 is 0 Å². The van der Waals surface area contributed by atoms with E-state index in [0.717, 1.165) is 11.7 Å². The Balaban J connectivity index is 1.86. The maximum Gasteiger partial charge on any atom is 0.118 e. The van der Waals surface area contributed by atoms with Crippen molar-refractivity contribution in [3.8, 4) is 5.75 Å². The van der Waals surface area contributed by atoms with Gasteiger partial charge in [0, 0.05) is 6.04 Å². The van der Waals surface area contributed by atoms with Crippen molar-refractivity contribution in [2.75, 3.05) is 20.2 Å². The highest BCUT2D eigenvalue weighted by Crippen LogP contribution is 2.44. The van der Waals surface area contributed by atoms with Gasteiger partial charge in [0.25, 0.3) is 0 Å². The van der Waals surface area contributed by atoms with Gasteiger partial charge in [-0.3, -0.25) is 4.90 Å². The normalized spacial score (nSPS) is 33.3. The summed E-state index contributed by atoms with van der Waals surface area (Å²) in [5, 5.41) is 0. The van der Waals surface area contributed by atoms with E-state index in [1.165, 1.54) is 31.5 Å². The van der Waals surface area contributed by atoms with Crippen molar-refractivity contribution in [1.29, 1.82) is 0 Å². The maximum absolute atomic E-state index is 5.19. The molecule has 1 aromatic rings. The molecule has 80 valence electrons. The van der Waals surface area contributed by atoms with E-state index in [2.05, 4.69) is 29.2 Å². The fraction of sp³-hybridized carbons (Fsp3) is 0.538. The monoisotopic (exact) mass is 203 g/mol. The third kappa shape index (κ3) is 1.44. The number of hydrogen-bond acceptors (Lipinski definition) is 2. The SMILES string of the molecule is COc1ccc([C@@H]2C3CCN2CC3)cc1. The molecule has 0 aromatic heterocycles. The second-order valence-electron chi connectivity index (χ2n) is 4.59. The average molecular weight is 203 g/mol. The van der Waals surface area contributed by atoms with E-state index in [1.54, 1.807) is 7.11 Å². The first-order valence-corrected chi connectivity index (χ1v) is 5.76. The predicted molar refractivity (Wildman–Crippen MR) is 60.0 cm³/mol. The van der Waals surface area contributed by atoms with Crippen LogP contribution in [0, 0.1) is 5.92 Å². The summed E-state index contributed by atoms with van der Waals surface area (Å²) < 4.78 is 5.19. The highest BCUT2D eigenvalue weighted by Gasteiger charge is 2.40. The number of piperidine rings is 1. The molecule has 2 fully saturated rings. The molecule has 0 N–H and O–H groups in total. The van der Waals surface area contributed by atoms with Crippen LogP contribution in [0.2, 0.25) is 0 Å². The fourth-order valence-corrected chi connectivity index (χ4v) is 3.10. The van der Waals surface area contributed by atoms with Gasteiger partial charge >= 0.3 is 0 Å². The van der Waals surface area contributed by atoms with Gasteiger partial charge in [-0.05, 0) is 49.5 Å². The Kier molecular flexibility index (Phi) is 2.17. The minimum atomic E-state index is 0.691. The summed E-state index contributed by atoms with van der Waals surface area (Å²) in [4.78, 5) is 2.62. The number of methoxy groups -OCH3 is 1. The summed E-state index contributed by atoms with van der Waals surface area (Å²) in [6.45, 7) is 2.59. The van der Waals surface area contributed by atoms with Crippen LogP contribution in [-0.4, -0.2) is 25.1 Å². The van der Waals surface area contributed by atoms with E-state index in [-0.39, 0.29) is 0 Å². The van der Waals surface area contributed by atoms with Crippen molar-refractivity contribution in [1.82, 2.24) is 4.90 Å². The lowest BCUT2D eigenvalue weighted by Gasteiger charge is -2.19. The van der Waals surface area contributed by atoms with Gasteiger partial charge in [0.15, 0.2) is 0 Å². The molecule has 2 aliphatic rings. The fourth-order valence-electron chi connectivity index (χ4n) is 3.10. The number of rotatable bonds is 2. The molecule has 1 atom stereocenters. The van der Waals surface area contributed by atoms with Gasteiger partial charge < -0.3 is 4.74 Å². The second-order valence-corrected chi connectivity index (χ2v) is 4.59. The molecule has 0 amide bonds. The van der Waals surface area contributed by atoms with E-state index in [0.29, 0.717) is 6.04 Å². The first kappa shape index (κ1) is 9.22. The minimum absolute atomic E-state index is 0.691. The van der Waals surface area contributed by atoms with Crippen LogP contribution in [0.5, 0.6) is 5.75 Å². The zero-order chi connectivity index (χ0) is 10.3. The Hall–Kier alpha value is -1.02. The molecule has 0 aliphatic carbocycles. The Morgan fingerprint density at radius 1 is 1.13 bits per heavy atom. The third-order valence-electron chi connectivity index (χ3n) is 3.87. The number of benzene rings is 1. The molecular formula is C13H17NO. The van der Waals surface area contributed by atoms with Crippen molar-refractivity contribution in [2.24, 2.45) is 5.92 Å². The lowest BCUT2D eigenvalue weighted by atomic mass is 9.94. The molecule has 2 aliphatic heterocycles. The van der Waals surface area contributed by atoms with E-state index < -0.39 is 0 Å². The van der Waals surface area contributed by atoms with Gasteiger partial charge in [-0.15, -0.1) is 0 Å². The Bertz CT molecular complexity index is 326. The summed E-state index contributed by atoms with van der Waals surface area (Å²) in [5.41, 5.74) is 1.47. The maximum atomic E-state index is 5.19.